The normalized spacial score (nSPS) is 10.5. The predicted octanol–water partition coefficient (Wildman–Crippen LogP) is 2.04. The Kier molecular flexibility index (Phi) is 9.09. The number of hydrogen-bond donors (Lipinski definition) is 2. The van der Waals surface area contributed by atoms with Gasteiger partial charge in [-0.25, -0.2) is 0 Å². The van der Waals surface area contributed by atoms with Crippen molar-refractivity contribution in [3.05, 3.63) is 28.3 Å². The Hall–Kier alpha value is -2.06. The molecule has 1 aromatic carbocycles. The summed E-state index contributed by atoms with van der Waals surface area (Å²) < 4.78 is 10.3. The van der Waals surface area contributed by atoms with Gasteiger partial charge in [-0.2, -0.15) is 0 Å². The quantitative estimate of drug-likeness (QED) is 0.513. The average Bonchev–Trinajstić information content (AvgIpc) is 2.57. The molecule has 0 aliphatic carbocycles. The molecular weight excluding hydrogens is 338 g/mol. The molecule has 1 rings (SSSR count). The van der Waals surface area contributed by atoms with Crippen LogP contribution in [0, 0.1) is 10.1 Å². The highest BCUT2D eigenvalue weighted by atomic mass is 35.5. The molecule has 0 saturated carbocycles. The first-order valence-electron chi connectivity index (χ1n) is 7.36. The lowest BCUT2D eigenvalue weighted by Gasteiger charge is -2.26. The van der Waals surface area contributed by atoms with Crippen molar-refractivity contribution in [3.8, 4) is 11.5 Å². The topological polar surface area (TPSA) is 117 Å². The third-order valence-corrected chi connectivity index (χ3v) is 3.76. The second-order valence-corrected chi connectivity index (χ2v) is 5.23. The van der Waals surface area contributed by atoms with Crippen molar-refractivity contribution >= 4 is 24.0 Å². The van der Waals surface area contributed by atoms with E-state index in [1.54, 1.807) is 0 Å². The van der Waals surface area contributed by atoms with Crippen LogP contribution in [0.3, 0.4) is 0 Å². The van der Waals surface area contributed by atoms with Crippen LogP contribution in [-0.2, 0) is 4.79 Å². The number of methoxy groups -OCH3 is 1. The second kappa shape index (κ2) is 9.94. The SMILES string of the molecule is CCC(N)(CC)CNC(=O)COc1ccc([N+](=O)[O-])c(OC)c1.Cl. The van der Waals surface area contributed by atoms with E-state index in [4.69, 9.17) is 15.2 Å². The zero-order valence-corrected chi connectivity index (χ0v) is 14.9. The van der Waals surface area contributed by atoms with Gasteiger partial charge in [0.15, 0.2) is 6.61 Å². The Balaban J connectivity index is 0.00000529. The van der Waals surface area contributed by atoms with Crippen LogP contribution in [0.1, 0.15) is 26.7 Å². The van der Waals surface area contributed by atoms with E-state index >= 15 is 0 Å². The Labute approximate surface area is 147 Å². The molecule has 8 nitrogen and oxygen atoms in total. The molecule has 0 aromatic heterocycles. The van der Waals surface area contributed by atoms with Gasteiger partial charge in [-0.3, -0.25) is 14.9 Å². The molecule has 0 bridgehead atoms. The smallest absolute Gasteiger partial charge is 0.311 e. The molecule has 1 amide bonds. The number of halogens is 1. The Morgan fingerprint density at radius 1 is 1.38 bits per heavy atom. The van der Waals surface area contributed by atoms with Gasteiger partial charge in [-0.15, -0.1) is 12.4 Å². The van der Waals surface area contributed by atoms with Crippen molar-refractivity contribution in [1.29, 1.82) is 0 Å². The number of nitrogens with one attached hydrogen (secondary N) is 1. The predicted molar refractivity (Wildman–Crippen MR) is 92.9 cm³/mol. The minimum absolute atomic E-state index is 0. The standard InChI is InChI=1S/C15H23N3O5.ClH/c1-4-15(16,5-2)10-17-14(19)9-23-11-6-7-12(18(20)21)13(8-11)22-3;/h6-8H,4-5,9-10,16H2,1-3H3,(H,17,19);1H. The monoisotopic (exact) mass is 361 g/mol. The highest BCUT2D eigenvalue weighted by Crippen LogP contribution is 2.30. The van der Waals surface area contributed by atoms with Crippen molar-refractivity contribution in [2.45, 2.75) is 32.2 Å². The lowest BCUT2D eigenvalue weighted by Crippen LogP contribution is -2.50. The molecule has 0 spiro atoms. The molecule has 3 N–H and O–H groups in total. The van der Waals surface area contributed by atoms with Crippen molar-refractivity contribution in [3.63, 3.8) is 0 Å². The van der Waals surface area contributed by atoms with E-state index in [2.05, 4.69) is 5.32 Å². The van der Waals surface area contributed by atoms with E-state index in [9.17, 15) is 14.9 Å². The molecule has 0 heterocycles. The molecule has 0 aliphatic heterocycles. The van der Waals surface area contributed by atoms with Crippen LogP contribution in [0.25, 0.3) is 0 Å². The second-order valence-electron chi connectivity index (χ2n) is 5.23. The average molecular weight is 362 g/mol. The van der Waals surface area contributed by atoms with Gasteiger partial charge in [0.05, 0.1) is 12.0 Å². The van der Waals surface area contributed by atoms with Gasteiger partial charge in [-0.05, 0) is 18.9 Å². The van der Waals surface area contributed by atoms with Gasteiger partial charge >= 0.3 is 5.69 Å². The van der Waals surface area contributed by atoms with Crippen molar-refractivity contribution < 1.29 is 19.2 Å². The first kappa shape index (κ1) is 21.9. The van der Waals surface area contributed by atoms with Crippen LogP contribution in [0.4, 0.5) is 5.69 Å². The van der Waals surface area contributed by atoms with Crippen molar-refractivity contribution in [2.24, 2.45) is 5.73 Å². The summed E-state index contributed by atoms with van der Waals surface area (Å²) in [5, 5.41) is 13.5. The largest absolute Gasteiger partial charge is 0.490 e. The number of rotatable bonds is 9. The highest BCUT2D eigenvalue weighted by molar-refractivity contribution is 5.85. The van der Waals surface area contributed by atoms with Crippen LogP contribution < -0.4 is 20.5 Å². The van der Waals surface area contributed by atoms with Crippen LogP contribution in [0.2, 0.25) is 0 Å². The molecule has 0 saturated heterocycles. The zero-order chi connectivity index (χ0) is 17.5. The van der Waals surface area contributed by atoms with Crippen LogP contribution in [-0.4, -0.2) is 36.6 Å². The maximum absolute atomic E-state index is 11.8. The van der Waals surface area contributed by atoms with Crippen LogP contribution in [0.5, 0.6) is 11.5 Å². The Bertz CT molecular complexity index is 564. The number of nitro groups is 1. The summed E-state index contributed by atoms with van der Waals surface area (Å²) in [6, 6.07) is 4.06. The number of carbonyl (C=O) groups excluding carboxylic acids is 1. The van der Waals surface area contributed by atoms with Gasteiger partial charge < -0.3 is 20.5 Å². The molecule has 9 heteroatoms. The number of ether oxygens (including phenoxy) is 2. The number of nitrogens with two attached hydrogens (primary N) is 1. The lowest BCUT2D eigenvalue weighted by molar-refractivity contribution is -0.385. The number of nitro benzene ring substituents is 1. The third kappa shape index (κ3) is 6.21. The van der Waals surface area contributed by atoms with Gasteiger partial charge in [-0.1, -0.05) is 13.8 Å². The van der Waals surface area contributed by atoms with Gasteiger partial charge in [0, 0.05) is 24.2 Å². The number of hydrogen-bond acceptors (Lipinski definition) is 6. The fourth-order valence-corrected chi connectivity index (χ4v) is 1.87. The molecule has 0 fully saturated rings. The molecule has 136 valence electrons. The summed E-state index contributed by atoms with van der Waals surface area (Å²) in [5.41, 5.74) is 5.51. The molecule has 24 heavy (non-hydrogen) atoms. The van der Waals surface area contributed by atoms with E-state index in [0.29, 0.717) is 12.3 Å². The van der Waals surface area contributed by atoms with Gasteiger partial charge in [0.1, 0.15) is 5.75 Å². The fourth-order valence-electron chi connectivity index (χ4n) is 1.87. The molecule has 0 atom stereocenters. The summed E-state index contributed by atoms with van der Waals surface area (Å²) in [6.07, 6.45) is 1.51. The van der Waals surface area contributed by atoms with Gasteiger partial charge in [0.25, 0.3) is 5.91 Å². The molecule has 0 unspecified atom stereocenters. The summed E-state index contributed by atoms with van der Waals surface area (Å²) >= 11 is 0. The summed E-state index contributed by atoms with van der Waals surface area (Å²) in [5.74, 6) is 0.0810. The fraction of sp³-hybridized carbons (Fsp3) is 0.533. The number of benzene rings is 1. The highest BCUT2D eigenvalue weighted by Gasteiger charge is 2.21. The zero-order valence-electron chi connectivity index (χ0n) is 14.0. The molecular formula is C15H24ClN3O5. The molecule has 0 radical (unpaired) electrons. The maximum Gasteiger partial charge on any atom is 0.311 e. The summed E-state index contributed by atoms with van der Waals surface area (Å²) in [7, 11) is 1.33. The molecule has 1 aromatic rings. The number of carbonyl (C=O) groups is 1. The Morgan fingerprint density at radius 2 is 2.00 bits per heavy atom. The maximum atomic E-state index is 11.8. The summed E-state index contributed by atoms with van der Waals surface area (Å²) in [6.45, 7) is 4.10. The minimum atomic E-state index is -0.550. The van der Waals surface area contributed by atoms with Crippen molar-refractivity contribution in [1.82, 2.24) is 5.32 Å². The van der Waals surface area contributed by atoms with Crippen LogP contribution >= 0.6 is 12.4 Å². The number of nitrogens with zero attached hydrogens (tertiary/aromatic N) is 1. The first-order chi connectivity index (χ1) is 10.8. The first-order valence-corrected chi connectivity index (χ1v) is 7.36. The lowest BCUT2D eigenvalue weighted by atomic mass is 9.94. The van der Waals surface area contributed by atoms with E-state index in [-0.39, 0.29) is 36.4 Å². The summed E-state index contributed by atoms with van der Waals surface area (Å²) in [4.78, 5) is 22.0. The molecule has 0 aliphatic rings. The van der Waals surface area contributed by atoms with Gasteiger partial charge in [0.2, 0.25) is 5.75 Å². The van der Waals surface area contributed by atoms with E-state index in [0.717, 1.165) is 12.8 Å². The minimum Gasteiger partial charge on any atom is -0.490 e. The van der Waals surface area contributed by atoms with E-state index < -0.39 is 10.5 Å². The Morgan fingerprint density at radius 3 is 2.50 bits per heavy atom. The van der Waals surface area contributed by atoms with Crippen LogP contribution in [0.15, 0.2) is 18.2 Å². The number of amides is 1. The van der Waals surface area contributed by atoms with Crippen molar-refractivity contribution in [2.75, 3.05) is 20.3 Å². The van der Waals surface area contributed by atoms with E-state index in [1.165, 1.54) is 25.3 Å². The van der Waals surface area contributed by atoms with E-state index in [1.807, 2.05) is 13.8 Å². The third-order valence-electron chi connectivity index (χ3n) is 3.76.